The van der Waals surface area contributed by atoms with E-state index in [9.17, 15) is 14.4 Å². The number of carbonyl (C=O) groups excluding carboxylic acids is 3. The van der Waals surface area contributed by atoms with Crippen LogP contribution in [0.3, 0.4) is 0 Å². The Bertz CT molecular complexity index is 1340. The van der Waals surface area contributed by atoms with Gasteiger partial charge >= 0.3 is 17.9 Å². The Labute approximate surface area is 466 Å². The molecule has 0 saturated heterocycles. The molecule has 0 saturated carbocycles. The third-order valence-electron chi connectivity index (χ3n) is 14.5. The zero-order chi connectivity index (χ0) is 54.3. The van der Waals surface area contributed by atoms with E-state index < -0.39 is 6.10 Å². The summed E-state index contributed by atoms with van der Waals surface area (Å²) < 4.78 is 16.9. The molecule has 0 aromatic rings. The van der Waals surface area contributed by atoms with Crippen molar-refractivity contribution >= 4 is 17.9 Å². The summed E-state index contributed by atoms with van der Waals surface area (Å²) in [7, 11) is 0. The molecule has 0 aromatic heterocycles. The SMILES string of the molecule is CC/C=C\C/C=C\C/C=C\C/C=C\C/C=C\CCCCCC(=O)OC(COC(=O)CCCCCCCCCCCCC)COC(=O)CCCCCCCCCCCCCCCCCCCCCCCCCCCCC. The molecule has 1 unspecified atom stereocenters. The van der Waals surface area contributed by atoms with Crippen molar-refractivity contribution in [2.45, 2.75) is 348 Å². The lowest BCUT2D eigenvalue weighted by atomic mass is 10.0. The molecule has 6 nitrogen and oxygen atoms in total. The predicted molar refractivity (Wildman–Crippen MR) is 325 cm³/mol. The van der Waals surface area contributed by atoms with Gasteiger partial charge in [-0.25, -0.2) is 0 Å². The lowest BCUT2D eigenvalue weighted by molar-refractivity contribution is -0.167. The van der Waals surface area contributed by atoms with Crippen molar-refractivity contribution < 1.29 is 28.6 Å². The van der Waals surface area contributed by atoms with E-state index in [1.807, 2.05) is 0 Å². The van der Waals surface area contributed by atoms with Crippen LogP contribution in [0.1, 0.15) is 342 Å². The molecule has 6 heteroatoms. The largest absolute Gasteiger partial charge is 0.462 e. The van der Waals surface area contributed by atoms with Crippen molar-refractivity contribution in [3.05, 3.63) is 60.8 Å². The maximum Gasteiger partial charge on any atom is 0.306 e. The van der Waals surface area contributed by atoms with Gasteiger partial charge in [-0.2, -0.15) is 0 Å². The highest BCUT2D eigenvalue weighted by Crippen LogP contribution is 2.18. The molecule has 0 amide bonds. The second-order valence-corrected chi connectivity index (χ2v) is 22.0. The highest BCUT2D eigenvalue weighted by molar-refractivity contribution is 5.71. The molecule has 0 aromatic carbocycles. The zero-order valence-electron chi connectivity index (χ0n) is 50.1. The van der Waals surface area contributed by atoms with Crippen LogP contribution in [-0.4, -0.2) is 37.2 Å². The first kappa shape index (κ1) is 72.1. The molecule has 0 rings (SSSR count). The molecule has 75 heavy (non-hydrogen) atoms. The van der Waals surface area contributed by atoms with E-state index in [2.05, 4.69) is 81.5 Å². The van der Waals surface area contributed by atoms with E-state index in [1.54, 1.807) is 0 Å². The minimum absolute atomic E-state index is 0.0835. The lowest BCUT2D eigenvalue weighted by Crippen LogP contribution is -2.30. The average Bonchev–Trinajstić information content (AvgIpc) is 3.41. The number of allylic oxidation sites excluding steroid dienone is 10. The van der Waals surface area contributed by atoms with Crippen LogP contribution >= 0.6 is 0 Å². The van der Waals surface area contributed by atoms with Gasteiger partial charge in [0.05, 0.1) is 0 Å². The molecule has 0 spiro atoms. The Kier molecular flexibility index (Phi) is 61.2. The Morgan fingerprint density at radius 2 is 0.520 bits per heavy atom. The van der Waals surface area contributed by atoms with Gasteiger partial charge in [-0.1, -0.05) is 319 Å². The summed E-state index contributed by atoms with van der Waals surface area (Å²) in [5.41, 5.74) is 0. The third-order valence-corrected chi connectivity index (χ3v) is 14.5. The van der Waals surface area contributed by atoms with Crippen LogP contribution < -0.4 is 0 Å². The number of unbranched alkanes of at least 4 members (excludes halogenated alkanes) is 39. The maximum atomic E-state index is 12.9. The van der Waals surface area contributed by atoms with E-state index in [4.69, 9.17) is 14.2 Å². The van der Waals surface area contributed by atoms with E-state index in [0.29, 0.717) is 19.3 Å². The quantitative estimate of drug-likeness (QED) is 0.0261. The smallest absolute Gasteiger partial charge is 0.306 e. The van der Waals surface area contributed by atoms with Crippen molar-refractivity contribution in [3.63, 3.8) is 0 Å². The van der Waals surface area contributed by atoms with E-state index >= 15 is 0 Å². The standard InChI is InChI=1S/C69H124O6/c1-4-7-10-13-16-19-22-24-26-28-30-31-32-33-34-35-36-37-39-40-42-44-47-50-53-56-59-62-68(71)74-65-66(64-73-67(70)61-58-55-52-49-46-21-18-15-12-9-6-3)75-69(72)63-60-57-54-51-48-45-43-41-38-29-27-25-23-20-17-14-11-8-5-2/h8,11,17,20,25,27,38,41,45,48,66H,4-7,9-10,12-16,18-19,21-24,26,28-37,39-40,42-44,46-47,49-65H2,1-3H3/b11-8-,20-17-,27-25-,41-38-,48-45-. The molecule has 0 aliphatic heterocycles. The summed E-state index contributed by atoms with van der Waals surface area (Å²) in [6.07, 6.45) is 81.1. The number of rotatable bonds is 60. The Balaban J connectivity index is 4.23. The van der Waals surface area contributed by atoms with Crippen LogP contribution in [0.2, 0.25) is 0 Å². The maximum absolute atomic E-state index is 12.9. The minimum Gasteiger partial charge on any atom is -0.462 e. The Hall–Kier alpha value is -2.89. The van der Waals surface area contributed by atoms with Gasteiger partial charge in [0, 0.05) is 19.3 Å². The van der Waals surface area contributed by atoms with Gasteiger partial charge in [-0.3, -0.25) is 14.4 Å². The summed E-state index contributed by atoms with van der Waals surface area (Å²) >= 11 is 0. The number of esters is 3. The summed E-state index contributed by atoms with van der Waals surface area (Å²) in [6.45, 7) is 6.54. The molecule has 0 N–H and O–H groups in total. The highest BCUT2D eigenvalue weighted by Gasteiger charge is 2.19. The van der Waals surface area contributed by atoms with Crippen molar-refractivity contribution in [3.8, 4) is 0 Å². The van der Waals surface area contributed by atoms with E-state index in [0.717, 1.165) is 96.3 Å². The van der Waals surface area contributed by atoms with Crippen LogP contribution in [0, 0.1) is 0 Å². The van der Waals surface area contributed by atoms with Gasteiger partial charge in [0.15, 0.2) is 6.10 Å². The third kappa shape index (κ3) is 61.8. The highest BCUT2D eigenvalue weighted by atomic mass is 16.6. The fourth-order valence-corrected chi connectivity index (χ4v) is 9.65. The Morgan fingerprint density at radius 1 is 0.280 bits per heavy atom. The van der Waals surface area contributed by atoms with Crippen LogP contribution in [-0.2, 0) is 28.6 Å². The molecule has 1 atom stereocenters. The van der Waals surface area contributed by atoms with Gasteiger partial charge < -0.3 is 14.2 Å². The molecule has 0 radical (unpaired) electrons. The van der Waals surface area contributed by atoms with Crippen molar-refractivity contribution in [1.82, 2.24) is 0 Å². The number of hydrogen-bond donors (Lipinski definition) is 0. The zero-order valence-corrected chi connectivity index (χ0v) is 50.1. The van der Waals surface area contributed by atoms with Gasteiger partial charge in [0.25, 0.3) is 0 Å². The van der Waals surface area contributed by atoms with Gasteiger partial charge in [0.2, 0.25) is 0 Å². The first-order valence-electron chi connectivity index (χ1n) is 32.8. The number of carbonyl (C=O) groups is 3. The first-order valence-corrected chi connectivity index (χ1v) is 32.8. The number of ether oxygens (including phenoxy) is 3. The van der Waals surface area contributed by atoms with Crippen molar-refractivity contribution in [2.24, 2.45) is 0 Å². The topological polar surface area (TPSA) is 78.9 Å². The minimum atomic E-state index is -0.789. The van der Waals surface area contributed by atoms with Crippen molar-refractivity contribution in [2.75, 3.05) is 13.2 Å². The fraction of sp³-hybridized carbons (Fsp3) is 0.812. The summed E-state index contributed by atoms with van der Waals surface area (Å²) in [5, 5.41) is 0. The fourth-order valence-electron chi connectivity index (χ4n) is 9.65. The normalized spacial score (nSPS) is 12.4. The summed E-state index contributed by atoms with van der Waals surface area (Å²) in [6, 6.07) is 0. The molecule has 436 valence electrons. The monoisotopic (exact) mass is 1050 g/mol. The van der Waals surface area contributed by atoms with Crippen LogP contribution in [0.15, 0.2) is 60.8 Å². The van der Waals surface area contributed by atoms with Crippen LogP contribution in [0.5, 0.6) is 0 Å². The average molecular weight is 1050 g/mol. The van der Waals surface area contributed by atoms with Crippen LogP contribution in [0.25, 0.3) is 0 Å². The molecule has 0 bridgehead atoms. The van der Waals surface area contributed by atoms with Crippen LogP contribution in [0.4, 0.5) is 0 Å². The lowest BCUT2D eigenvalue weighted by Gasteiger charge is -2.18. The molecule has 0 aliphatic rings. The van der Waals surface area contributed by atoms with Gasteiger partial charge in [-0.15, -0.1) is 0 Å². The van der Waals surface area contributed by atoms with Gasteiger partial charge in [-0.05, 0) is 64.2 Å². The molecule has 0 fully saturated rings. The van der Waals surface area contributed by atoms with E-state index in [1.165, 1.54) is 205 Å². The molecular weight excluding hydrogens is 925 g/mol. The predicted octanol–water partition coefficient (Wildman–Crippen LogP) is 22.3. The Morgan fingerprint density at radius 3 is 0.813 bits per heavy atom. The van der Waals surface area contributed by atoms with Gasteiger partial charge in [0.1, 0.15) is 13.2 Å². The second-order valence-electron chi connectivity index (χ2n) is 22.0. The van der Waals surface area contributed by atoms with Crippen molar-refractivity contribution in [1.29, 1.82) is 0 Å². The molecular formula is C69H124O6. The molecule has 0 heterocycles. The first-order chi connectivity index (χ1) is 37.0. The second kappa shape index (κ2) is 63.6. The van der Waals surface area contributed by atoms with E-state index in [-0.39, 0.29) is 31.1 Å². The molecule has 0 aliphatic carbocycles. The number of hydrogen-bond acceptors (Lipinski definition) is 6. The summed E-state index contributed by atoms with van der Waals surface area (Å²) in [4.78, 5) is 38.2. The summed E-state index contributed by atoms with van der Waals surface area (Å²) in [5.74, 6) is -0.898.